The molecule has 3 N–H and O–H groups in total. The van der Waals surface area contributed by atoms with Crippen LogP contribution >= 0.6 is 0 Å². The van der Waals surface area contributed by atoms with Crippen LogP contribution in [0.3, 0.4) is 0 Å². The van der Waals surface area contributed by atoms with E-state index in [0.29, 0.717) is 18.4 Å². The van der Waals surface area contributed by atoms with E-state index < -0.39 is 0 Å². The van der Waals surface area contributed by atoms with Crippen molar-refractivity contribution in [2.24, 2.45) is 11.7 Å². The zero-order valence-corrected chi connectivity index (χ0v) is 12.7. The molecule has 0 aromatic heterocycles. The van der Waals surface area contributed by atoms with Gasteiger partial charge in [0, 0.05) is 25.6 Å². The number of rotatable bonds is 8. The van der Waals surface area contributed by atoms with Crippen molar-refractivity contribution in [2.75, 3.05) is 26.2 Å². The molecule has 0 saturated heterocycles. The number of carbonyl (C=O) groups excluding carboxylic acids is 1. The van der Waals surface area contributed by atoms with Crippen molar-refractivity contribution in [1.29, 1.82) is 0 Å². The first-order valence-corrected chi connectivity index (χ1v) is 7.90. The number of nitrogens with two attached hydrogens (primary N) is 1. The fourth-order valence-corrected chi connectivity index (χ4v) is 2.82. The Balaban J connectivity index is 2.10. The van der Waals surface area contributed by atoms with Crippen LogP contribution in [0.2, 0.25) is 0 Å². The molecular weight excluding hydrogens is 238 g/mol. The molecule has 112 valence electrons. The topological polar surface area (TPSA) is 58.4 Å². The van der Waals surface area contributed by atoms with Gasteiger partial charge in [0.15, 0.2) is 0 Å². The van der Waals surface area contributed by atoms with Crippen LogP contribution in [-0.2, 0) is 4.79 Å². The lowest BCUT2D eigenvalue weighted by molar-refractivity contribution is -0.122. The summed E-state index contributed by atoms with van der Waals surface area (Å²) >= 11 is 0. The molecule has 1 aliphatic carbocycles. The van der Waals surface area contributed by atoms with Crippen molar-refractivity contribution in [3.05, 3.63) is 0 Å². The minimum atomic E-state index is 0.216. The van der Waals surface area contributed by atoms with Gasteiger partial charge in [0.2, 0.25) is 5.91 Å². The molecule has 19 heavy (non-hydrogen) atoms. The molecule has 1 rings (SSSR count). The van der Waals surface area contributed by atoms with Crippen LogP contribution in [0.4, 0.5) is 0 Å². The van der Waals surface area contributed by atoms with E-state index in [1.54, 1.807) is 0 Å². The van der Waals surface area contributed by atoms with Crippen LogP contribution in [0.1, 0.15) is 52.4 Å². The number of likely N-dealkylation sites (N-methyl/N-ethyl adjacent to an activating group) is 1. The highest BCUT2D eigenvalue weighted by atomic mass is 16.1. The van der Waals surface area contributed by atoms with Gasteiger partial charge in [0.25, 0.3) is 0 Å². The van der Waals surface area contributed by atoms with Crippen molar-refractivity contribution >= 4 is 5.91 Å². The number of hydrogen-bond donors (Lipinski definition) is 2. The lowest BCUT2D eigenvalue weighted by atomic mass is 9.84. The molecule has 4 nitrogen and oxygen atoms in total. The van der Waals surface area contributed by atoms with Crippen molar-refractivity contribution in [3.63, 3.8) is 0 Å². The van der Waals surface area contributed by atoms with Crippen LogP contribution in [0.25, 0.3) is 0 Å². The molecule has 1 saturated carbocycles. The van der Waals surface area contributed by atoms with Crippen LogP contribution < -0.4 is 11.1 Å². The summed E-state index contributed by atoms with van der Waals surface area (Å²) in [5, 5.41) is 3.05. The lowest BCUT2D eigenvalue weighted by Gasteiger charge is -2.25. The molecular formula is C15H31N3O. The maximum absolute atomic E-state index is 11.9. The van der Waals surface area contributed by atoms with Crippen molar-refractivity contribution < 1.29 is 4.79 Å². The fraction of sp³-hybridized carbons (Fsp3) is 0.933. The number of amides is 1. The summed E-state index contributed by atoms with van der Waals surface area (Å²) in [4.78, 5) is 14.2. The standard InChI is InChI=1S/C15H31N3O/c1-3-10-18(4-2)11-9-17-15(19)12-13-5-7-14(16)8-6-13/h13-14H,3-12,16H2,1-2H3,(H,17,19). The van der Waals surface area contributed by atoms with Gasteiger partial charge in [-0.25, -0.2) is 0 Å². The van der Waals surface area contributed by atoms with Gasteiger partial charge in [-0.05, 0) is 51.1 Å². The zero-order chi connectivity index (χ0) is 14.1. The second-order valence-electron chi connectivity index (χ2n) is 5.77. The summed E-state index contributed by atoms with van der Waals surface area (Å²) in [5.74, 6) is 0.769. The average Bonchev–Trinajstić information content (AvgIpc) is 2.40. The van der Waals surface area contributed by atoms with Gasteiger partial charge < -0.3 is 16.0 Å². The van der Waals surface area contributed by atoms with Crippen LogP contribution in [0.15, 0.2) is 0 Å². The summed E-state index contributed by atoms with van der Waals surface area (Å²) in [7, 11) is 0. The van der Waals surface area contributed by atoms with Gasteiger partial charge >= 0.3 is 0 Å². The smallest absolute Gasteiger partial charge is 0.220 e. The second kappa shape index (κ2) is 9.32. The Morgan fingerprint density at radius 3 is 2.47 bits per heavy atom. The Bertz CT molecular complexity index is 250. The number of nitrogens with zero attached hydrogens (tertiary/aromatic N) is 1. The number of nitrogens with one attached hydrogen (secondary N) is 1. The van der Waals surface area contributed by atoms with E-state index in [2.05, 4.69) is 24.1 Å². The largest absolute Gasteiger partial charge is 0.355 e. The first-order valence-electron chi connectivity index (χ1n) is 7.90. The van der Waals surface area contributed by atoms with Gasteiger partial charge in [0.05, 0.1) is 0 Å². The Hall–Kier alpha value is -0.610. The predicted octanol–water partition coefficient (Wildman–Crippen LogP) is 1.74. The van der Waals surface area contributed by atoms with E-state index in [9.17, 15) is 4.79 Å². The summed E-state index contributed by atoms with van der Waals surface area (Å²) in [6.07, 6.45) is 6.25. The van der Waals surface area contributed by atoms with E-state index in [-0.39, 0.29) is 5.91 Å². The first-order chi connectivity index (χ1) is 9.15. The van der Waals surface area contributed by atoms with Gasteiger partial charge in [-0.1, -0.05) is 13.8 Å². The van der Waals surface area contributed by atoms with Gasteiger partial charge in [-0.3, -0.25) is 4.79 Å². The molecule has 0 spiro atoms. The Labute approximate surface area is 118 Å². The highest BCUT2D eigenvalue weighted by molar-refractivity contribution is 5.76. The number of hydrogen-bond acceptors (Lipinski definition) is 3. The highest BCUT2D eigenvalue weighted by Crippen LogP contribution is 2.25. The molecule has 0 aliphatic heterocycles. The second-order valence-corrected chi connectivity index (χ2v) is 5.77. The van der Waals surface area contributed by atoms with E-state index in [4.69, 9.17) is 5.73 Å². The van der Waals surface area contributed by atoms with Gasteiger partial charge in [0.1, 0.15) is 0 Å². The van der Waals surface area contributed by atoms with E-state index in [0.717, 1.165) is 51.9 Å². The predicted molar refractivity (Wildman–Crippen MR) is 80.0 cm³/mol. The summed E-state index contributed by atoms with van der Waals surface area (Å²) in [6, 6.07) is 0.367. The molecule has 0 unspecified atom stereocenters. The van der Waals surface area contributed by atoms with Crippen molar-refractivity contribution in [2.45, 2.75) is 58.4 Å². The Kier molecular flexibility index (Phi) is 8.07. The SMILES string of the molecule is CCCN(CC)CCNC(=O)CC1CCC(N)CC1. The maximum atomic E-state index is 11.9. The molecule has 0 aromatic rings. The normalized spacial score (nSPS) is 23.6. The molecule has 1 fully saturated rings. The van der Waals surface area contributed by atoms with E-state index >= 15 is 0 Å². The molecule has 1 amide bonds. The Morgan fingerprint density at radius 1 is 1.21 bits per heavy atom. The lowest BCUT2D eigenvalue weighted by Crippen LogP contribution is -2.36. The van der Waals surface area contributed by atoms with Gasteiger partial charge in [-0.2, -0.15) is 0 Å². The maximum Gasteiger partial charge on any atom is 0.220 e. The zero-order valence-electron chi connectivity index (χ0n) is 12.7. The summed E-state index contributed by atoms with van der Waals surface area (Å²) < 4.78 is 0. The molecule has 0 atom stereocenters. The summed E-state index contributed by atoms with van der Waals surface area (Å²) in [5.41, 5.74) is 5.88. The van der Waals surface area contributed by atoms with Crippen LogP contribution in [0, 0.1) is 5.92 Å². The Morgan fingerprint density at radius 2 is 1.89 bits per heavy atom. The third kappa shape index (κ3) is 6.92. The van der Waals surface area contributed by atoms with Crippen molar-refractivity contribution in [1.82, 2.24) is 10.2 Å². The monoisotopic (exact) mass is 269 g/mol. The van der Waals surface area contributed by atoms with E-state index in [1.807, 2.05) is 0 Å². The quantitative estimate of drug-likeness (QED) is 0.706. The first kappa shape index (κ1) is 16.4. The minimum absolute atomic E-state index is 0.216. The van der Waals surface area contributed by atoms with E-state index in [1.165, 1.54) is 6.42 Å². The van der Waals surface area contributed by atoms with Gasteiger partial charge in [-0.15, -0.1) is 0 Å². The van der Waals surface area contributed by atoms with Crippen LogP contribution in [-0.4, -0.2) is 43.0 Å². The van der Waals surface area contributed by atoms with Crippen LogP contribution in [0.5, 0.6) is 0 Å². The summed E-state index contributed by atoms with van der Waals surface area (Å²) in [6.45, 7) is 8.28. The third-order valence-corrected chi connectivity index (χ3v) is 4.10. The highest BCUT2D eigenvalue weighted by Gasteiger charge is 2.20. The minimum Gasteiger partial charge on any atom is -0.355 e. The average molecular weight is 269 g/mol. The molecule has 0 bridgehead atoms. The fourth-order valence-electron chi connectivity index (χ4n) is 2.82. The molecule has 0 aromatic carbocycles. The molecule has 1 aliphatic rings. The van der Waals surface area contributed by atoms with Crippen molar-refractivity contribution in [3.8, 4) is 0 Å². The molecule has 0 heterocycles. The number of carbonyl (C=O) groups is 1. The molecule has 4 heteroatoms. The third-order valence-electron chi connectivity index (χ3n) is 4.10. The molecule has 0 radical (unpaired) electrons.